The van der Waals surface area contributed by atoms with Crippen molar-refractivity contribution >= 4 is 40.0 Å². The highest BCUT2D eigenvalue weighted by Crippen LogP contribution is 2.54. The molecule has 2 aliphatic rings. The summed E-state index contributed by atoms with van der Waals surface area (Å²) in [5.74, 6) is 0.510. The predicted molar refractivity (Wildman–Crippen MR) is 91.2 cm³/mol. The molecule has 1 aromatic heterocycles. The molecule has 2 amide bonds. The zero-order valence-electron chi connectivity index (χ0n) is 12.3. The number of thiazole rings is 1. The van der Waals surface area contributed by atoms with Gasteiger partial charge in [0.2, 0.25) is 11.8 Å². The zero-order valence-corrected chi connectivity index (χ0v) is 13.9. The fourth-order valence-electron chi connectivity index (χ4n) is 3.31. The van der Waals surface area contributed by atoms with Crippen LogP contribution in [0.5, 0.6) is 0 Å². The van der Waals surface area contributed by atoms with Crippen LogP contribution in [0.1, 0.15) is 18.4 Å². The molecule has 0 saturated carbocycles. The molecular formula is C16H15N3O2S2. The first-order valence-electron chi connectivity index (χ1n) is 7.43. The number of benzene rings is 1. The normalized spacial score (nSPS) is 26.3. The zero-order chi connectivity index (χ0) is 15.9. The van der Waals surface area contributed by atoms with Crippen molar-refractivity contribution < 1.29 is 9.59 Å². The molecule has 0 aliphatic carbocycles. The average Bonchev–Trinajstić information content (AvgIpc) is 3.27. The van der Waals surface area contributed by atoms with Crippen LogP contribution in [0, 0.1) is 0 Å². The Morgan fingerprint density at radius 2 is 2.17 bits per heavy atom. The van der Waals surface area contributed by atoms with Crippen molar-refractivity contribution in [3.63, 3.8) is 0 Å². The second-order valence-electron chi connectivity index (χ2n) is 5.57. The van der Waals surface area contributed by atoms with Gasteiger partial charge in [-0.25, -0.2) is 4.98 Å². The smallest absolute Gasteiger partial charge is 0.249 e. The SMILES string of the molecule is O=C(Nc1nccs1)[C@@H]1CS[C@]2(c3ccccc3)CCC(=O)N12. The summed E-state index contributed by atoms with van der Waals surface area (Å²) in [4.78, 5) is 30.6. The minimum absolute atomic E-state index is 0.0538. The third-order valence-electron chi connectivity index (χ3n) is 4.32. The van der Waals surface area contributed by atoms with Gasteiger partial charge < -0.3 is 10.2 Å². The maximum Gasteiger partial charge on any atom is 0.249 e. The first-order chi connectivity index (χ1) is 11.2. The van der Waals surface area contributed by atoms with Crippen molar-refractivity contribution in [1.29, 1.82) is 0 Å². The first kappa shape index (κ1) is 14.7. The van der Waals surface area contributed by atoms with E-state index in [0.29, 0.717) is 17.3 Å². The number of aromatic nitrogens is 1. The van der Waals surface area contributed by atoms with Crippen molar-refractivity contribution in [2.75, 3.05) is 11.1 Å². The summed E-state index contributed by atoms with van der Waals surface area (Å²) in [7, 11) is 0. The molecule has 118 valence electrons. The second kappa shape index (κ2) is 5.65. The average molecular weight is 345 g/mol. The number of anilines is 1. The third kappa shape index (κ3) is 2.35. The molecular weight excluding hydrogens is 330 g/mol. The molecule has 2 aromatic rings. The minimum Gasteiger partial charge on any atom is -0.311 e. The maximum absolute atomic E-state index is 12.6. The summed E-state index contributed by atoms with van der Waals surface area (Å²) in [6, 6.07) is 9.56. The van der Waals surface area contributed by atoms with E-state index < -0.39 is 10.9 Å². The van der Waals surface area contributed by atoms with Gasteiger partial charge in [0.1, 0.15) is 10.9 Å². The van der Waals surface area contributed by atoms with E-state index in [1.54, 1.807) is 22.9 Å². The molecule has 23 heavy (non-hydrogen) atoms. The van der Waals surface area contributed by atoms with Gasteiger partial charge in [0.15, 0.2) is 5.13 Å². The van der Waals surface area contributed by atoms with Crippen LogP contribution in [0.15, 0.2) is 41.9 Å². The first-order valence-corrected chi connectivity index (χ1v) is 9.29. The number of thioether (sulfide) groups is 1. The summed E-state index contributed by atoms with van der Waals surface area (Å²) in [5.41, 5.74) is 1.10. The summed E-state index contributed by atoms with van der Waals surface area (Å²) in [5, 5.41) is 5.21. The fourth-order valence-corrected chi connectivity index (χ4v) is 5.49. The Bertz CT molecular complexity index is 735. The highest BCUT2D eigenvalue weighted by molar-refractivity contribution is 8.00. The van der Waals surface area contributed by atoms with E-state index in [4.69, 9.17) is 0 Å². The Kier molecular flexibility index (Phi) is 3.61. The van der Waals surface area contributed by atoms with Crippen LogP contribution in [0.2, 0.25) is 0 Å². The van der Waals surface area contributed by atoms with E-state index in [0.717, 1.165) is 12.0 Å². The molecule has 0 bridgehead atoms. The van der Waals surface area contributed by atoms with Gasteiger partial charge in [0.25, 0.3) is 0 Å². The third-order valence-corrected chi connectivity index (χ3v) is 6.60. The van der Waals surface area contributed by atoms with E-state index in [-0.39, 0.29) is 11.8 Å². The van der Waals surface area contributed by atoms with E-state index in [1.807, 2.05) is 35.7 Å². The quantitative estimate of drug-likeness (QED) is 0.929. The second-order valence-corrected chi connectivity index (χ2v) is 7.76. The van der Waals surface area contributed by atoms with Crippen LogP contribution in [0.3, 0.4) is 0 Å². The number of carbonyl (C=O) groups excluding carboxylic acids is 2. The van der Waals surface area contributed by atoms with E-state index >= 15 is 0 Å². The predicted octanol–water partition coefficient (Wildman–Crippen LogP) is 2.67. The molecule has 5 nitrogen and oxygen atoms in total. The van der Waals surface area contributed by atoms with Crippen molar-refractivity contribution in [2.24, 2.45) is 0 Å². The van der Waals surface area contributed by atoms with Crippen LogP contribution in [0.25, 0.3) is 0 Å². The molecule has 1 aromatic carbocycles. The number of fused-ring (bicyclic) bond motifs is 1. The number of hydrogen-bond acceptors (Lipinski definition) is 5. The number of amides is 2. The largest absolute Gasteiger partial charge is 0.311 e. The minimum atomic E-state index is -0.445. The van der Waals surface area contributed by atoms with Gasteiger partial charge in [-0.15, -0.1) is 23.1 Å². The van der Waals surface area contributed by atoms with Gasteiger partial charge in [0, 0.05) is 23.8 Å². The standard InChI is InChI=1S/C16H15N3O2S2/c20-13-6-7-16(11-4-2-1-3-5-11)19(13)12(10-23-16)14(21)18-15-17-8-9-22-15/h1-5,8-9,12H,6-7,10H2,(H,17,18,21)/t12-,16-/m0/s1. The van der Waals surface area contributed by atoms with Crippen LogP contribution in [-0.2, 0) is 14.5 Å². The molecule has 4 rings (SSSR count). The fraction of sp³-hybridized carbons (Fsp3) is 0.312. The molecule has 0 radical (unpaired) electrons. The Labute approximate surface area is 142 Å². The Morgan fingerprint density at radius 1 is 1.35 bits per heavy atom. The van der Waals surface area contributed by atoms with Crippen molar-refractivity contribution in [1.82, 2.24) is 9.88 Å². The maximum atomic E-state index is 12.6. The number of hydrogen-bond donors (Lipinski definition) is 1. The summed E-state index contributed by atoms with van der Waals surface area (Å²) in [6.45, 7) is 0. The van der Waals surface area contributed by atoms with Gasteiger partial charge in [0.05, 0.1) is 0 Å². The summed E-state index contributed by atoms with van der Waals surface area (Å²) in [6.07, 6.45) is 2.89. The van der Waals surface area contributed by atoms with Gasteiger partial charge in [-0.2, -0.15) is 0 Å². The highest BCUT2D eigenvalue weighted by atomic mass is 32.2. The molecule has 2 aliphatic heterocycles. The van der Waals surface area contributed by atoms with E-state index in [9.17, 15) is 9.59 Å². The van der Waals surface area contributed by atoms with Crippen LogP contribution in [-0.4, -0.2) is 33.5 Å². The van der Waals surface area contributed by atoms with Gasteiger partial charge in [-0.3, -0.25) is 9.59 Å². The number of carbonyl (C=O) groups is 2. The van der Waals surface area contributed by atoms with Crippen molar-refractivity contribution in [3.05, 3.63) is 47.5 Å². The topological polar surface area (TPSA) is 62.3 Å². The van der Waals surface area contributed by atoms with E-state index in [2.05, 4.69) is 10.3 Å². The van der Waals surface area contributed by atoms with Crippen LogP contribution in [0.4, 0.5) is 5.13 Å². The van der Waals surface area contributed by atoms with Crippen molar-refractivity contribution in [2.45, 2.75) is 23.8 Å². The van der Waals surface area contributed by atoms with Crippen LogP contribution >= 0.6 is 23.1 Å². The lowest BCUT2D eigenvalue weighted by atomic mass is 10.0. The van der Waals surface area contributed by atoms with E-state index in [1.165, 1.54) is 11.3 Å². The molecule has 2 saturated heterocycles. The Morgan fingerprint density at radius 3 is 2.91 bits per heavy atom. The molecule has 2 fully saturated rings. The van der Waals surface area contributed by atoms with Gasteiger partial charge in [-0.1, -0.05) is 30.3 Å². The molecule has 0 unspecified atom stereocenters. The lowest BCUT2D eigenvalue weighted by molar-refractivity contribution is -0.136. The lowest BCUT2D eigenvalue weighted by Crippen LogP contribution is -2.48. The molecule has 2 atom stereocenters. The highest BCUT2D eigenvalue weighted by Gasteiger charge is 2.56. The Hall–Kier alpha value is -1.86. The molecule has 0 spiro atoms. The number of nitrogens with one attached hydrogen (secondary N) is 1. The van der Waals surface area contributed by atoms with Gasteiger partial charge in [-0.05, 0) is 12.0 Å². The monoisotopic (exact) mass is 345 g/mol. The van der Waals surface area contributed by atoms with Gasteiger partial charge >= 0.3 is 0 Å². The molecule has 1 N–H and O–H groups in total. The van der Waals surface area contributed by atoms with Crippen LogP contribution < -0.4 is 5.32 Å². The lowest BCUT2D eigenvalue weighted by Gasteiger charge is -2.33. The number of nitrogens with zero attached hydrogens (tertiary/aromatic N) is 2. The molecule has 3 heterocycles. The summed E-state index contributed by atoms with van der Waals surface area (Å²) < 4.78 is 0. The number of rotatable bonds is 3. The Balaban J connectivity index is 1.64. The summed E-state index contributed by atoms with van der Waals surface area (Å²) >= 11 is 3.07. The molecule has 7 heteroatoms. The van der Waals surface area contributed by atoms with Crippen molar-refractivity contribution in [3.8, 4) is 0 Å².